The molecule has 24 heavy (non-hydrogen) atoms. The summed E-state index contributed by atoms with van der Waals surface area (Å²) in [6.45, 7) is -0.110. The van der Waals surface area contributed by atoms with Crippen molar-refractivity contribution in [2.45, 2.75) is 0 Å². The Kier molecular flexibility index (Phi) is 5.83. The Morgan fingerprint density at radius 3 is 2.83 bits per heavy atom. The van der Waals surface area contributed by atoms with Crippen LogP contribution in [-0.4, -0.2) is 48.7 Å². The topological polar surface area (TPSA) is 103 Å². The van der Waals surface area contributed by atoms with Crippen LogP contribution in [0.1, 0.15) is 5.56 Å². The highest BCUT2D eigenvalue weighted by atomic mass is 79.9. The predicted molar refractivity (Wildman–Crippen MR) is 90.2 cm³/mol. The van der Waals surface area contributed by atoms with Gasteiger partial charge in [0.05, 0.1) is 48.2 Å². The van der Waals surface area contributed by atoms with Crippen molar-refractivity contribution in [1.82, 2.24) is 4.90 Å². The highest BCUT2D eigenvalue weighted by Crippen LogP contribution is 2.34. The van der Waals surface area contributed by atoms with Gasteiger partial charge in [0.1, 0.15) is 5.70 Å². The molecular weight excluding hydrogens is 402 g/mol. The number of benzene rings is 1. The van der Waals surface area contributed by atoms with E-state index in [1.165, 1.54) is 24.1 Å². The molecule has 1 aromatic rings. The number of nitrogens with one attached hydrogen (secondary N) is 1. The molecule has 7 nitrogen and oxygen atoms in total. The van der Waals surface area contributed by atoms with Gasteiger partial charge in [-0.1, -0.05) is 11.6 Å². The van der Waals surface area contributed by atoms with Crippen LogP contribution in [0.3, 0.4) is 0 Å². The van der Waals surface area contributed by atoms with Gasteiger partial charge in [-0.3, -0.25) is 4.79 Å². The molecule has 1 aliphatic heterocycles. The number of anilines is 1. The van der Waals surface area contributed by atoms with Crippen LogP contribution >= 0.6 is 27.5 Å². The van der Waals surface area contributed by atoms with Crippen LogP contribution in [-0.2, 0) is 14.3 Å². The van der Waals surface area contributed by atoms with E-state index >= 15 is 0 Å². The summed E-state index contributed by atoms with van der Waals surface area (Å²) < 4.78 is 5.18. The Morgan fingerprint density at radius 2 is 2.29 bits per heavy atom. The molecule has 0 unspecified atom stereocenters. The molecular formula is C15H13BrClN3O4. The minimum atomic E-state index is -0.646. The maximum atomic E-state index is 12.5. The summed E-state index contributed by atoms with van der Waals surface area (Å²) in [5.41, 5.74) is 0.872. The van der Waals surface area contributed by atoms with Gasteiger partial charge in [-0.25, -0.2) is 4.79 Å². The average Bonchev–Trinajstić information content (AvgIpc) is 2.86. The van der Waals surface area contributed by atoms with E-state index < -0.39 is 11.9 Å². The van der Waals surface area contributed by atoms with Gasteiger partial charge in [-0.05, 0) is 28.1 Å². The third kappa shape index (κ3) is 3.53. The highest BCUT2D eigenvalue weighted by molar-refractivity contribution is 9.10. The molecule has 0 saturated heterocycles. The van der Waals surface area contributed by atoms with E-state index in [1.54, 1.807) is 0 Å². The first kappa shape index (κ1) is 18.3. The van der Waals surface area contributed by atoms with Crippen molar-refractivity contribution in [3.8, 4) is 6.07 Å². The van der Waals surface area contributed by atoms with Gasteiger partial charge < -0.3 is 20.1 Å². The van der Waals surface area contributed by atoms with Crippen LogP contribution in [0.2, 0.25) is 5.02 Å². The number of methoxy groups -OCH3 is 1. The number of carbonyl (C=O) groups excluding carboxylic acids is 2. The summed E-state index contributed by atoms with van der Waals surface area (Å²) in [6, 6.07) is 4.95. The van der Waals surface area contributed by atoms with E-state index in [9.17, 15) is 9.59 Å². The highest BCUT2D eigenvalue weighted by Gasteiger charge is 2.35. The predicted octanol–water partition coefficient (Wildman–Crippen LogP) is 1.65. The first-order valence-corrected chi connectivity index (χ1v) is 7.97. The second kappa shape index (κ2) is 7.66. The molecule has 9 heteroatoms. The largest absolute Gasteiger partial charge is 0.466 e. The minimum Gasteiger partial charge on any atom is -0.466 e. The van der Waals surface area contributed by atoms with Gasteiger partial charge in [-0.15, -0.1) is 0 Å². The maximum Gasteiger partial charge on any atom is 0.337 e. The summed E-state index contributed by atoms with van der Waals surface area (Å²) in [5.74, 6) is -1.09. The Labute approximate surface area is 151 Å². The van der Waals surface area contributed by atoms with E-state index in [0.29, 0.717) is 15.7 Å². The van der Waals surface area contributed by atoms with Crippen LogP contribution < -0.4 is 5.32 Å². The standard InChI is InChI=1S/C15H13BrClN3O4/c1-24-15(23)9-7-20(2-3-21)14(22)12(9)19-13-10(16)4-8(6-18)5-11(13)17/h4-5,19,21H,2-3,7H2,1H3. The molecule has 0 fully saturated rings. The number of hydrogen-bond acceptors (Lipinski definition) is 6. The molecule has 0 saturated carbocycles. The second-order valence-electron chi connectivity index (χ2n) is 4.85. The number of halogens is 2. The van der Waals surface area contributed by atoms with E-state index in [-0.39, 0.29) is 36.0 Å². The van der Waals surface area contributed by atoms with Crippen LogP contribution in [0.15, 0.2) is 27.9 Å². The maximum absolute atomic E-state index is 12.5. The minimum absolute atomic E-state index is 0.0277. The summed E-state index contributed by atoms with van der Waals surface area (Å²) in [4.78, 5) is 25.7. The van der Waals surface area contributed by atoms with Crippen LogP contribution in [0.5, 0.6) is 0 Å². The molecule has 2 N–H and O–H groups in total. The number of amides is 1. The SMILES string of the molecule is COC(=O)C1=C(Nc2c(Cl)cc(C#N)cc2Br)C(=O)N(CCO)C1. The summed E-state index contributed by atoms with van der Waals surface area (Å²) in [5, 5.41) is 21.0. The van der Waals surface area contributed by atoms with Gasteiger partial charge in [0.25, 0.3) is 5.91 Å². The van der Waals surface area contributed by atoms with Crippen molar-refractivity contribution >= 4 is 45.1 Å². The van der Waals surface area contributed by atoms with Gasteiger partial charge in [0, 0.05) is 11.0 Å². The zero-order chi connectivity index (χ0) is 17.9. The van der Waals surface area contributed by atoms with Gasteiger partial charge >= 0.3 is 5.97 Å². The number of nitrogens with zero attached hydrogens (tertiary/aromatic N) is 2. The molecule has 1 aromatic carbocycles. The molecule has 0 aliphatic carbocycles. The first-order valence-electron chi connectivity index (χ1n) is 6.80. The Morgan fingerprint density at radius 1 is 1.58 bits per heavy atom. The number of carbonyl (C=O) groups is 2. The smallest absolute Gasteiger partial charge is 0.337 e. The monoisotopic (exact) mass is 413 g/mol. The lowest BCUT2D eigenvalue weighted by molar-refractivity contribution is -0.136. The zero-order valence-corrected chi connectivity index (χ0v) is 14.9. The summed E-state index contributed by atoms with van der Waals surface area (Å²) in [6.07, 6.45) is 0. The molecule has 0 radical (unpaired) electrons. The molecule has 1 heterocycles. The number of rotatable bonds is 5. The van der Waals surface area contributed by atoms with Crippen LogP contribution in [0, 0.1) is 11.3 Å². The third-order valence-corrected chi connectivity index (χ3v) is 4.30. The molecule has 1 amide bonds. The zero-order valence-electron chi connectivity index (χ0n) is 12.6. The Bertz CT molecular complexity index is 749. The fraction of sp³-hybridized carbons (Fsp3) is 0.267. The lowest BCUT2D eigenvalue weighted by atomic mass is 10.2. The molecule has 126 valence electrons. The first-order chi connectivity index (χ1) is 11.4. The number of nitriles is 1. The van der Waals surface area contributed by atoms with Crippen molar-refractivity contribution < 1.29 is 19.4 Å². The molecule has 0 spiro atoms. The van der Waals surface area contributed by atoms with E-state index in [0.717, 1.165) is 0 Å². The molecule has 0 atom stereocenters. The quantitative estimate of drug-likeness (QED) is 0.710. The number of aliphatic hydroxyl groups is 1. The number of aliphatic hydroxyl groups excluding tert-OH is 1. The molecule has 0 bridgehead atoms. The number of ether oxygens (including phenoxy) is 1. The molecule has 1 aliphatic rings. The van der Waals surface area contributed by atoms with Gasteiger partial charge in [-0.2, -0.15) is 5.26 Å². The number of hydrogen-bond donors (Lipinski definition) is 2. The molecule has 2 rings (SSSR count). The lowest BCUT2D eigenvalue weighted by Gasteiger charge is -2.16. The Balaban J connectivity index is 2.43. The third-order valence-electron chi connectivity index (χ3n) is 3.37. The summed E-state index contributed by atoms with van der Waals surface area (Å²) >= 11 is 9.44. The molecule has 0 aromatic heterocycles. The second-order valence-corrected chi connectivity index (χ2v) is 6.11. The van der Waals surface area contributed by atoms with Crippen LogP contribution in [0.25, 0.3) is 0 Å². The van der Waals surface area contributed by atoms with Crippen molar-refractivity contribution in [2.24, 2.45) is 0 Å². The normalized spacial score (nSPS) is 14.0. The fourth-order valence-corrected chi connectivity index (χ4v) is 3.17. The number of esters is 1. The van der Waals surface area contributed by atoms with Crippen molar-refractivity contribution in [1.29, 1.82) is 5.26 Å². The average molecular weight is 415 g/mol. The van der Waals surface area contributed by atoms with E-state index in [4.69, 9.17) is 26.7 Å². The van der Waals surface area contributed by atoms with E-state index in [1.807, 2.05) is 6.07 Å². The van der Waals surface area contributed by atoms with Crippen molar-refractivity contribution in [3.63, 3.8) is 0 Å². The van der Waals surface area contributed by atoms with Crippen molar-refractivity contribution in [3.05, 3.63) is 38.5 Å². The Hall–Kier alpha value is -2.08. The van der Waals surface area contributed by atoms with Gasteiger partial charge in [0.15, 0.2) is 0 Å². The fourth-order valence-electron chi connectivity index (χ4n) is 2.23. The lowest BCUT2D eigenvalue weighted by Crippen LogP contribution is -2.31. The van der Waals surface area contributed by atoms with E-state index in [2.05, 4.69) is 21.2 Å². The summed E-state index contributed by atoms with van der Waals surface area (Å²) in [7, 11) is 1.22. The number of β-amino-alcohol motifs (C(OH)–C–C–N with tert-alkyl or cyclic N) is 1. The van der Waals surface area contributed by atoms with Crippen molar-refractivity contribution in [2.75, 3.05) is 32.1 Å². The van der Waals surface area contributed by atoms with Gasteiger partial charge in [0.2, 0.25) is 0 Å². The van der Waals surface area contributed by atoms with Crippen LogP contribution in [0.4, 0.5) is 5.69 Å².